The van der Waals surface area contributed by atoms with E-state index in [4.69, 9.17) is 18.9 Å². The van der Waals surface area contributed by atoms with Gasteiger partial charge in [-0.1, -0.05) is 31.0 Å². The van der Waals surface area contributed by atoms with Crippen LogP contribution in [0.5, 0.6) is 5.75 Å². The molecule has 3 rings (SSSR count). The molecule has 0 radical (unpaired) electrons. The highest BCUT2D eigenvalue weighted by Crippen LogP contribution is 2.27. The van der Waals surface area contributed by atoms with Gasteiger partial charge >= 0.3 is 5.97 Å². The van der Waals surface area contributed by atoms with Gasteiger partial charge in [-0.15, -0.1) is 0 Å². The Morgan fingerprint density at radius 3 is 2.56 bits per heavy atom. The first kappa shape index (κ1) is 18.2. The molecular weight excluding hydrogens is 322 g/mol. The van der Waals surface area contributed by atoms with Crippen LogP contribution in [0.2, 0.25) is 0 Å². The molecule has 0 unspecified atom stereocenters. The van der Waals surface area contributed by atoms with E-state index in [-0.39, 0.29) is 30.9 Å². The fourth-order valence-corrected chi connectivity index (χ4v) is 3.36. The number of hydrogen-bond donors (Lipinski definition) is 1. The minimum atomic E-state index is -0.537. The Hall–Kier alpha value is -1.63. The third kappa shape index (κ3) is 4.93. The first-order chi connectivity index (χ1) is 12.1. The molecule has 1 saturated heterocycles. The Labute approximate surface area is 148 Å². The van der Waals surface area contributed by atoms with Crippen molar-refractivity contribution in [1.82, 2.24) is 0 Å². The maximum Gasteiger partial charge on any atom is 0.367 e. The predicted octanol–water partition coefficient (Wildman–Crippen LogP) is 1.33. The van der Waals surface area contributed by atoms with Gasteiger partial charge < -0.3 is 24.7 Å². The molecule has 3 N–H and O–H groups in total. The largest absolute Gasteiger partial charge is 0.485 e. The summed E-state index contributed by atoms with van der Waals surface area (Å²) in [6, 6.07) is 9.06. The second kappa shape index (κ2) is 8.65. The van der Waals surface area contributed by atoms with Crippen molar-refractivity contribution in [3.8, 4) is 5.75 Å². The quantitative estimate of drug-likeness (QED) is 0.829. The number of para-hydroxylation sites is 1. The molecular formula is C19H28NO5+. The standard InChI is InChI=1S/C19H27NO5/c1-13-18(25-15-9-5-6-10-15)17(24-14-7-3-2-4-8-14)12-22-11-16(20)19(21)23-13/h2-4,7-8,13,15-18H,5-6,9-12,20H2,1H3/p+1/t13-,16-,17-,18-/m0/s1. The first-order valence-electron chi connectivity index (χ1n) is 9.12. The van der Waals surface area contributed by atoms with E-state index in [1.165, 1.54) is 12.8 Å². The lowest BCUT2D eigenvalue weighted by molar-refractivity contribution is -0.415. The minimum Gasteiger partial charge on any atom is -0.485 e. The molecule has 2 fully saturated rings. The lowest BCUT2D eigenvalue weighted by atomic mass is 10.1. The molecule has 138 valence electrons. The topological polar surface area (TPSA) is 81.6 Å². The summed E-state index contributed by atoms with van der Waals surface area (Å²) in [6.07, 6.45) is 3.45. The van der Waals surface area contributed by atoms with E-state index < -0.39 is 12.1 Å². The van der Waals surface area contributed by atoms with E-state index in [0.29, 0.717) is 6.61 Å². The van der Waals surface area contributed by atoms with Gasteiger partial charge in [-0.2, -0.15) is 0 Å². The summed E-state index contributed by atoms with van der Waals surface area (Å²) in [7, 11) is 0. The van der Waals surface area contributed by atoms with Crippen molar-refractivity contribution in [2.75, 3.05) is 13.2 Å². The first-order valence-corrected chi connectivity index (χ1v) is 9.12. The fourth-order valence-electron chi connectivity index (χ4n) is 3.36. The average molecular weight is 350 g/mol. The van der Waals surface area contributed by atoms with Crippen LogP contribution in [0.15, 0.2) is 30.3 Å². The van der Waals surface area contributed by atoms with E-state index in [1.54, 1.807) is 0 Å². The van der Waals surface area contributed by atoms with Gasteiger partial charge in [0, 0.05) is 0 Å². The monoisotopic (exact) mass is 350 g/mol. The number of hydrogen-bond acceptors (Lipinski definition) is 5. The van der Waals surface area contributed by atoms with E-state index >= 15 is 0 Å². The molecule has 1 saturated carbocycles. The highest BCUT2D eigenvalue weighted by atomic mass is 16.6. The van der Waals surface area contributed by atoms with Crippen LogP contribution in [-0.4, -0.2) is 49.6 Å². The Balaban J connectivity index is 1.78. The normalized spacial score (nSPS) is 31.7. The summed E-state index contributed by atoms with van der Waals surface area (Å²) in [5.74, 6) is 0.396. The van der Waals surface area contributed by atoms with Crippen LogP contribution in [0, 0.1) is 0 Å². The number of carbonyl (C=O) groups excluding carboxylic acids is 1. The third-order valence-corrected chi connectivity index (χ3v) is 4.75. The van der Waals surface area contributed by atoms with Crippen LogP contribution in [-0.2, 0) is 19.0 Å². The van der Waals surface area contributed by atoms with Crippen molar-refractivity contribution < 1.29 is 29.5 Å². The van der Waals surface area contributed by atoms with Crippen LogP contribution in [0.3, 0.4) is 0 Å². The Kier molecular flexibility index (Phi) is 6.29. The van der Waals surface area contributed by atoms with Gasteiger partial charge in [0.15, 0.2) is 6.10 Å². The third-order valence-electron chi connectivity index (χ3n) is 4.75. The molecule has 1 aromatic rings. The number of benzene rings is 1. The molecule has 1 aliphatic heterocycles. The molecule has 6 heteroatoms. The zero-order valence-corrected chi connectivity index (χ0v) is 14.8. The Morgan fingerprint density at radius 1 is 1.12 bits per heavy atom. The number of esters is 1. The van der Waals surface area contributed by atoms with Crippen molar-refractivity contribution in [3.05, 3.63) is 30.3 Å². The molecule has 0 spiro atoms. The van der Waals surface area contributed by atoms with E-state index in [9.17, 15) is 4.79 Å². The van der Waals surface area contributed by atoms with Crippen LogP contribution >= 0.6 is 0 Å². The number of cyclic esters (lactones) is 1. The Bertz CT molecular complexity index is 546. The summed E-state index contributed by atoms with van der Waals surface area (Å²) in [4.78, 5) is 12.1. The van der Waals surface area contributed by atoms with Gasteiger partial charge in [-0.25, -0.2) is 4.79 Å². The second-order valence-corrected chi connectivity index (χ2v) is 6.85. The zero-order chi connectivity index (χ0) is 17.6. The van der Waals surface area contributed by atoms with Crippen molar-refractivity contribution in [2.24, 2.45) is 0 Å². The highest BCUT2D eigenvalue weighted by molar-refractivity contribution is 5.74. The summed E-state index contributed by atoms with van der Waals surface area (Å²) in [5.41, 5.74) is 3.81. The predicted molar refractivity (Wildman–Crippen MR) is 91.0 cm³/mol. The van der Waals surface area contributed by atoms with Crippen molar-refractivity contribution >= 4 is 5.97 Å². The molecule has 0 aromatic heterocycles. The van der Waals surface area contributed by atoms with Crippen LogP contribution in [0.25, 0.3) is 0 Å². The van der Waals surface area contributed by atoms with Gasteiger partial charge in [-0.3, -0.25) is 0 Å². The maximum absolute atomic E-state index is 12.1. The number of quaternary nitrogens is 1. The summed E-state index contributed by atoms with van der Waals surface area (Å²) >= 11 is 0. The lowest BCUT2D eigenvalue weighted by Gasteiger charge is -2.32. The minimum absolute atomic E-state index is 0.185. The van der Waals surface area contributed by atoms with Gasteiger partial charge in [0.25, 0.3) is 0 Å². The molecule has 1 aromatic carbocycles. The molecule has 25 heavy (non-hydrogen) atoms. The summed E-state index contributed by atoms with van der Waals surface area (Å²) < 4.78 is 23.8. The van der Waals surface area contributed by atoms with Gasteiger partial charge in [0.05, 0.1) is 12.7 Å². The van der Waals surface area contributed by atoms with Crippen molar-refractivity contribution in [3.63, 3.8) is 0 Å². The van der Waals surface area contributed by atoms with Crippen molar-refractivity contribution in [1.29, 1.82) is 0 Å². The molecule has 6 nitrogen and oxygen atoms in total. The number of ether oxygens (including phenoxy) is 4. The average Bonchev–Trinajstić information content (AvgIpc) is 3.13. The van der Waals surface area contributed by atoms with E-state index in [0.717, 1.165) is 18.6 Å². The van der Waals surface area contributed by atoms with Crippen LogP contribution < -0.4 is 10.5 Å². The second-order valence-electron chi connectivity index (χ2n) is 6.85. The number of rotatable bonds is 4. The lowest BCUT2D eigenvalue weighted by Crippen LogP contribution is -2.67. The van der Waals surface area contributed by atoms with Crippen LogP contribution in [0.1, 0.15) is 32.6 Å². The van der Waals surface area contributed by atoms with E-state index in [1.807, 2.05) is 37.3 Å². The van der Waals surface area contributed by atoms with Gasteiger partial charge in [0.1, 0.15) is 24.6 Å². The zero-order valence-electron chi connectivity index (χ0n) is 14.8. The van der Waals surface area contributed by atoms with E-state index in [2.05, 4.69) is 5.73 Å². The summed E-state index contributed by atoms with van der Waals surface area (Å²) in [5, 5.41) is 0. The fraction of sp³-hybridized carbons (Fsp3) is 0.632. The number of carbonyl (C=O) groups is 1. The summed E-state index contributed by atoms with van der Waals surface area (Å²) in [6.45, 7) is 2.41. The molecule has 1 heterocycles. The molecule has 4 atom stereocenters. The SMILES string of the molecule is C[C@@H]1OC(=O)[C@@H]([NH3+])COC[C@H](Oc2ccccc2)[C@H]1OC1CCCC1. The van der Waals surface area contributed by atoms with Crippen LogP contribution in [0.4, 0.5) is 0 Å². The molecule has 2 aliphatic rings. The Morgan fingerprint density at radius 2 is 1.84 bits per heavy atom. The highest BCUT2D eigenvalue weighted by Gasteiger charge is 2.38. The maximum atomic E-state index is 12.1. The van der Waals surface area contributed by atoms with Gasteiger partial charge in [-0.05, 0) is 31.9 Å². The molecule has 1 aliphatic carbocycles. The molecule has 0 amide bonds. The molecule has 0 bridgehead atoms. The van der Waals surface area contributed by atoms with Crippen molar-refractivity contribution in [2.45, 2.75) is 63.1 Å². The van der Waals surface area contributed by atoms with Gasteiger partial charge in [0.2, 0.25) is 6.04 Å². The smallest absolute Gasteiger partial charge is 0.367 e.